The molecule has 1 aromatic heterocycles. The summed E-state index contributed by atoms with van der Waals surface area (Å²) in [6, 6.07) is 3.70. The van der Waals surface area contributed by atoms with Gasteiger partial charge in [-0.2, -0.15) is 11.8 Å². The van der Waals surface area contributed by atoms with Gasteiger partial charge in [-0.25, -0.2) is 0 Å². The SMILES string of the molecule is NC(CSCc1ccco1)(C(=O)O)C1CC1. The fourth-order valence-corrected chi connectivity index (χ4v) is 2.83. The van der Waals surface area contributed by atoms with Crippen molar-refractivity contribution in [2.24, 2.45) is 11.7 Å². The molecule has 2 rings (SSSR count). The summed E-state index contributed by atoms with van der Waals surface area (Å²) in [5, 5.41) is 9.14. The highest BCUT2D eigenvalue weighted by Gasteiger charge is 2.48. The molecule has 1 aliphatic rings. The lowest BCUT2D eigenvalue weighted by atomic mass is 9.98. The third-order valence-corrected chi connectivity index (χ3v) is 4.04. The summed E-state index contributed by atoms with van der Waals surface area (Å²) in [4.78, 5) is 11.1. The van der Waals surface area contributed by atoms with E-state index in [4.69, 9.17) is 15.3 Å². The number of hydrogen-bond acceptors (Lipinski definition) is 4. The number of hydrogen-bond donors (Lipinski definition) is 2. The van der Waals surface area contributed by atoms with E-state index in [0.29, 0.717) is 11.5 Å². The largest absolute Gasteiger partial charge is 0.480 e. The van der Waals surface area contributed by atoms with Gasteiger partial charge in [-0.05, 0) is 30.9 Å². The van der Waals surface area contributed by atoms with E-state index in [1.54, 1.807) is 6.26 Å². The van der Waals surface area contributed by atoms with Gasteiger partial charge in [-0.3, -0.25) is 4.79 Å². The summed E-state index contributed by atoms with van der Waals surface area (Å²) in [5.74, 6) is 1.23. The van der Waals surface area contributed by atoms with Crippen LogP contribution in [0, 0.1) is 5.92 Å². The Bertz CT molecular complexity index is 361. The first kappa shape index (κ1) is 11.5. The van der Waals surface area contributed by atoms with Crippen LogP contribution in [0.5, 0.6) is 0 Å². The minimum atomic E-state index is -1.06. The molecule has 1 fully saturated rings. The second-order valence-corrected chi connectivity index (χ2v) is 5.18. The fourth-order valence-electron chi connectivity index (χ4n) is 1.67. The van der Waals surface area contributed by atoms with Gasteiger partial charge in [-0.1, -0.05) is 0 Å². The zero-order chi connectivity index (χ0) is 11.6. The first-order valence-electron chi connectivity index (χ1n) is 5.25. The zero-order valence-electron chi connectivity index (χ0n) is 8.89. The monoisotopic (exact) mass is 241 g/mol. The molecule has 1 aliphatic carbocycles. The molecule has 16 heavy (non-hydrogen) atoms. The van der Waals surface area contributed by atoms with Crippen LogP contribution in [0.15, 0.2) is 22.8 Å². The Morgan fingerprint density at radius 2 is 2.44 bits per heavy atom. The number of furan rings is 1. The number of rotatable bonds is 6. The van der Waals surface area contributed by atoms with Gasteiger partial charge in [-0.15, -0.1) is 0 Å². The van der Waals surface area contributed by atoms with Crippen LogP contribution >= 0.6 is 11.8 Å². The highest BCUT2D eigenvalue weighted by atomic mass is 32.2. The van der Waals surface area contributed by atoms with Crippen molar-refractivity contribution in [3.8, 4) is 0 Å². The first-order chi connectivity index (χ1) is 7.63. The maximum atomic E-state index is 11.1. The van der Waals surface area contributed by atoms with Gasteiger partial charge in [0.25, 0.3) is 0 Å². The normalized spacial score (nSPS) is 19.3. The Balaban J connectivity index is 1.85. The van der Waals surface area contributed by atoms with Gasteiger partial charge >= 0.3 is 5.97 Å². The molecule has 0 bridgehead atoms. The van der Waals surface area contributed by atoms with Crippen molar-refractivity contribution in [1.82, 2.24) is 0 Å². The van der Waals surface area contributed by atoms with Crippen molar-refractivity contribution in [1.29, 1.82) is 0 Å². The molecule has 1 aromatic rings. The van der Waals surface area contributed by atoms with Crippen LogP contribution in [0.2, 0.25) is 0 Å². The summed E-state index contributed by atoms with van der Waals surface area (Å²) < 4.78 is 5.18. The molecule has 0 aromatic carbocycles. The van der Waals surface area contributed by atoms with Crippen LogP contribution in [0.1, 0.15) is 18.6 Å². The maximum Gasteiger partial charge on any atom is 0.324 e. The van der Waals surface area contributed by atoms with Gasteiger partial charge in [0.05, 0.1) is 12.0 Å². The minimum absolute atomic E-state index is 0.147. The third kappa shape index (κ3) is 2.41. The molecule has 0 saturated heterocycles. The molecule has 0 spiro atoms. The average Bonchev–Trinajstić information content (AvgIpc) is 2.98. The molecule has 0 radical (unpaired) electrons. The van der Waals surface area contributed by atoms with Crippen LogP contribution in [-0.4, -0.2) is 22.4 Å². The number of carbonyl (C=O) groups is 1. The van der Waals surface area contributed by atoms with Crippen LogP contribution in [0.3, 0.4) is 0 Å². The molecule has 1 heterocycles. The van der Waals surface area contributed by atoms with Crippen molar-refractivity contribution >= 4 is 17.7 Å². The fraction of sp³-hybridized carbons (Fsp3) is 0.545. The molecule has 1 unspecified atom stereocenters. The smallest absolute Gasteiger partial charge is 0.324 e. The topological polar surface area (TPSA) is 76.5 Å². The van der Waals surface area contributed by atoms with Crippen molar-refractivity contribution in [3.63, 3.8) is 0 Å². The van der Waals surface area contributed by atoms with E-state index in [1.807, 2.05) is 12.1 Å². The highest BCUT2D eigenvalue weighted by Crippen LogP contribution is 2.40. The van der Waals surface area contributed by atoms with Crippen LogP contribution < -0.4 is 5.73 Å². The molecule has 3 N–H and O–H groups in total. The van der Waals surface area contributed by atoms with E-state index >= 15 is 0 Å². The summed E-state index contributed by atoms with van der Waals surface area (Å²) in [7, 11) is 0. The van der Waals surface area contributed by atoms with E-state index < -0.39 is 11.5 Å². The number of thioether (sulfide) groups is 1. The zero-order valence-corrected chi connectivity index (χ0v) is 9.70. The number of carboxylic acids is 1. The van der Waals surface area contributed by atoms with Gasteiger partial charge in [0.15, 0.2) is 0 Å². The second kappa shape index (κ2) is 4.51. The average molecular weight is 241 g/mol. The van der Waals surface area contributed by atoms with Crippen LogP contribution in [-0.2, 0) is 10.5 Å². The van der Waals surface area contributed by atoms with Gasteiger partial charge in [0.1, 0.15) is 11.3 Å². The molecule has 0 amide bonds. The Labute approximate surface area is 98.2 Å². The highest BCUT2D eigenvalue weighted by molar-refractivity contribution is 7.98. The Hall–Kier alpha value is -0.940. The number of carboxylic acid groups (broad SMARTS) is 1. The van der Waals surface area contributed by atoms with Crippen LogP contribution in [0.25, 0.3) is 0 Å². The predicted octanol–water partition coefficient (Wildman–Crippen LogP) is 1.70. The van der Waals surface area contributed by atoms with E-state index in [-0.39, 0.29) is 5.92 Å². The van der Waals surface area contributed by atoms with Crippen molar-refractivity contribution < 1.29 is 14.3 Å². The van der Waals surface area contributed by atoms with Crippen molar-refractivity contribution in [2.45, 2.75) is 24.1 Å². The molecule has 1 saturated carbocycles. The van der Waals surface area contributed by atoms with Gasteiger partial charge in [0, 0.05) is 5.75 Å². The molecule has 5 heteroatoms. The molecule has 1 atom stereocenters. The first-order valence-corrected chi connectivity index (χ1v) is 6.41. The molecule has 0 aliphatic heterocycles. The standard InChI is InChI=1S/C11H15NO3S/c12-11(10(13)14,8-3-4-8)7-16-6-9-2-1-5-15-9/h1-2,5,8H,3-4,6-7,12H2,(H,13,14). The molecule has 4 nitrogen and oxygen atoms in total. The number of nitrogens with two attached hydrogens (primary N) is 1. The van der Waals surface area contributed by atoms with Gasteiger partial charge in [0.2, 0.25) is 0 Å². The van der Waals surface area contributed by atoms with E-state index in [1.165, 1.54) is 11.8 Å². The lowest BCUT2D eigenvalue weighted by molar-refractivity contribution is -0.143. The summed E-state index contributed by atoms with van der Waals surface area (Å²) in [5.41, 5.74) is 4.88. The summed E-state index contributed by atoms with van der Waals surface area (Å²) in [6.45, 7) is 0. The lowest BCUT2D eigenvalue weighted by Gasteiger charge is -2.23. The maximum absolute atomic E-state index is 11.1. The molecular formula is C11H15NO3S. The Kier molecular flexibility index (Phi) is 3.25. The predicted molar refractivity (Wildman–Crippen MR) is 62.1 cm³/mol. The van der Waals surface area contributed by atoms with Crippen LogP contribution in [0.4, 0.5) is 0 Å². The molecular weight excluding hydrogens is 226 g/mol. The summed E-state index contributed by atoms with van der Waals surface area (Å²) >= 11 is 1.51. The molecule has 88 valence electrons. The Morgan fingerprint density at radius 1 is 1.69 bits per heavy atom. The summed E-state index contributed by atoms with van der Waals surface area (Å²) in [6.07, 6.45) is 3.48. The Morgan fingerprint density at radius 3 is 2.94 bits per heavy atom. The third-order valence-electron chi connectivity index (χ3n) is 2.87. The van der Waals surface area contributed by atoms with E-state index in [2.05, 4.69) is 0 Å². The van der Waals surface area contributed by atoms with Gasteiger partial charge < -0.3 is 15.3 Å². The minimum Gasteiger partial charge on any atom is -0.480 e. The quantitative estimate of drug-likeness (QED) is 0.792. The van der Waals surface area contributed by atoms with E-state index in [0.717, 1.165) is 18.6 Å². The van der Waals surface area contributed by atoms with Crippen molar-refractivity contribution in [3.05, 3.63) is 24.2 Å². The van der Waals surface area contributed by atoms with E-state index in [9.17, 15) is 4.79 Å². The van der Waals surface area contributed by atoms with Crippen molar-refractivity contribution in [2.75, 3.05) is 5.75 Å². The number of aliphatic carboxylic acids is 1. The lowest BCUT2D eigenvalue weighted by Crippen LogP contribution is -2.52. The second-order valence-electron chi connectivity index (χ2n) is 4.19.